The summed E-state index contributed by atoms with van der Waals surface area (Å²) in [5.74, 6) is 1.27. The van der Waals surface area contributed by atoms with Crippen LogP contribution in [0.3, 0.4) is 0 Å². The summed E-state index contributed by atoms with van der Waals surface area (Å²) in [4.78, 5) is 12.9. The molecule has 4 atom stereocenters. The van der Waals surface area contributed by atoms with Gasteiger partial charge in [0.2, 0.25) is 0 Å². The second-order valence-corrected chi connectivity index (χ2v) is 6.34. The molecule has 4 unspecified atom stereocenters. The topological polar surface area (TPSA) is 44.8 Å². The van der Waals surface area contributed by atoms with Gasteiger partial charge in [-0.25, -0.2) is 0 Å². The lowest BCUT2D eigenvalue weighted by atomic mass is 9.83. The van der Waals surface area contributed by atoms with E-state index in [4.69, 9.17) is 14.2 Å². The standard InChI is InChI=1S/C16H21BrO4/c1-8-9(2)21-10(3)15(8)16(18)11-6-13(19-4)14(20-5)7-12(11)17/h6-10,15H,1-5H3. The van der Waals surface area contributed by atoms with Crippen molar-refractivity contribution in [3.8, 4) is 11.5 Å². The lowest BCUT2D eigenvalue weighted by molar-refractivity contribution is 0.0491. The SMILES string of the molecule is COc1cc(Br)c(C(=O)C2C(C)OC(C)C2C)cc1OC. The average Bonchev–Trinajstić information content (AvgIpc) is 2.71. The lowest BCUT2D eigenvalue weighted by Gasteiger charge is -2.19. The fourth-order valence-electron chi connectivity index (χ4n) is 2.94. The van der Waals surface area contributed by atoms with Gasteiger partial charge in [-0.3, -0.25) is 4.79 Å². The molecule has 1 saturated heterocycles. The first-order chi connectivity index (χ1) is 9.90. The normalized spacial score (nSPS) is 28.5. The van der Waals surface area contributed by atoms with Gasteiger partial charge in [-0.15, -0.1) is 0 Å². The molecule has 4 nitrogen and oxygen atoms in total. The zero-order valence-electron chi connectivity index (χ0n) is 13.0. The van der Waals surface area contributed by atoms with Crippen LogP contribution >= 0.6 is 15.9 Å². The number of rotatable bonds is 4. The van der Waals surface area contributed by atoms with Crippen LogP contribution < -0.4 is 9.47 Å². The molecule has 21 heavy (non-hydrogen) atoms. The number of ether oxygens (including phenoxy) is 3. The molecule has 0 N–H and O–H groups in total. The molecule has 0 spiro atoms. The Morgan fingerprint density at radius 1 is 1.10 bits per heavy atom. The molecule has 0 bridgehead atoms. The van der Waals surface area contributed by atoms with E-state index in [1.54, 1.807) is 26.4 Å². The van der Waals surface area contributed by atoms with Crippen LogP contribution in [0.25, 0.3) is 0 Å². The molecule has 116 valence electrons. The zero-order chi connectivity index (χ0) is 15.7. The van der Waals surface area contributed by atoms with Crippen LogP contribution in [-0.2, 0) is 4.74 Å². The number of methoxy groups -OCH3 is 2. The van der Waals surface area contributed by atoms with E-state index in [1.165, 1.54) is 0 Å². The largest absolute Gasteiger partial charge is 0.493 e. The Morgan fingerprint density at radius 3 is 2.14 bits per heavy atom. The predicted molar refractivity (Wildman–Crippen MR) is 84.2 cm³/mol. The maximum absolute atomic E-state index is 12.9. The molecular formula is C16H21BrO4. The summed E-state index contributed by atoms with van der Waals surface area (Å²) in [6, 6.07) is 3.49. The summed E-state index contributed by atoms with van der Waals surface area (Å²) >= 11 is 3.46. The molecular weight excluding hydrogens is 336 g/mol. The summed E-state index contributed by atoms with van der Waals surface area (Å²) in [5.41, 5.74) is 0.606. The van der Waals surface area contributed by atoms with Crippen molar-refractivity contribution in [2.24, 2.45) is 11.8 Å². The Hall–Kier alpha value is -1.07. The quantitative estimate of drug-likeness (QED) is 0.771. The molecule has 0 radical (unpaired) electrons. The van der Waals surface area contributed by atoms with Gasteiger partial charge in [-0.2, -0.15) is 0 Å². The number of ketones is 1. The molecule has 1 heterocycles. The van der Waals surface area contributed by atoms with Crippen LogP contribution in [0.4, 0.5) is 0 Å². The van der Waals surface area contributed by atoms with E-state index in [-0.39, 0.29) is 29.8 Å². The molecule has 0 aromatic heterocycles. The third-order valence-corrected chi connectivity index (χ3v) is 4.94. The van der Waals surface area contributed by atoms with Crippen LogP contribution in [0, 0.1) is 11.8 Å². The van der Waals surface area contributed by atoms with E-state index in [0.29, 0.717) is 21.5 Å². The molecule has 1 fully saturated rings. The fourth-order valence-corrected chi connectivity index (χ4v) is 3.46. The van der Waals surface area contributed by atoms with Gasteiger partial charge < -0.3 is 14.2 Å². The van der Waals surface area contributed by atoms with Crippen molar-refractivity contribution in [3.05, 3.63) is 22.2 Å². The number of Topliss-reactive ketones (excluding diaryl/α,β-unsaturated/α-hetero) is 1. The van der Waals surface area contributed by atoms with Crippen LogP contribution in [0.5, 0.6) is 11.5 Å². The summed E-state index contributed by atoms with van der Waals surface area (Å²) in [5, 5.41) is 0. The third-order valence-electron chi connectivity index (χ3n) is 4.28. The van der Waals surface area contributed by atoms with Crippen molar-refractivity contribution in [1.82, 2.24) is 0 Å². The number of hydrogen-bond acceptors (Lipinski definition) is 4. The van der Waals surface area contributed by atoms with Crippen LogP contribution in [0.2, 0.25) is 0 Å². The maximum atomic E-state index is 12.9. The van der Waals surface area contributed by atoms with E-state index in [2.05, 4.69) is 22.9 Å². The van der Waals surface area contributed by atoms with Crippen LogP contribution in [-0.4, -0.2) is 32.2 Å². The Labute approximate surface area is 133 Å². The molecule has 2 rings (SSSR count). The van der Waals surface area contributed by atoms with E-state index in [9.17, 15) is 4.79 Å². The third kappa shape index (κ3) is 2.94. The van der Waals surface area contributed by atoms with E-state index < -0.39 is 0 Å². The van der Waals surface area contributed by atoms with Gasteiger partial charge in [0.1, 0.15) is 0 Å². The van der Waals surface area contributed by atoms with Gasteiger partial charge in [0.15, 0.2) is 17.3 Å². The molecule has 1 aromatic carbocycles. The van der Waals surface area contributed by atoms with Gasteiger partial charge in [-0.1, -0.05) is 6.92 Å². The second-order valence-electron chi connectivity index (χ2n) is 5.48. The average molecular weight is 357 g/mol. The first kappa shape index (κ1) is 16.3. The van der Waals surface area contributed by atoms with Crippen molar-refractivity contribution < 1.29 is 19.0 Å². The minimum Gasteiger partial charge on any atom is -0.493 e. The van der Waals surface area contributed by atoms with Gasteiger partial charge in [0.05, 0.1) is 32.3 Å². The van der Waals surface area contributed by atoms with Crippen molar-refractivity contribution in [2.75, 3.05) is 14.2 Å². The molecule has 0 amide bonds. The van der Waals surface area contributed by atoms with E-state index in [1.807, 2.05) is 13.8 Å². The van der Waals surface area contributed by atoms with Crippen molar-refractivity contribution in [1.29, 1.82) is 0 Å². The van der Waals surface area contributed by atoms with Gasteiger partial charge in [0, 0.05) is 10.0 Å². The fraction of sp³-hybridized carbons (Fsp3) is 0.562. The highest BCUT2D eigenvalue weighted by Crippen LogP contribution is 2.39. The van der Waals surface area contributed by atoms with E-state index >= 15 is 0 Å². The van der Waals surface area contributed by atoms with Crippen molar-refractivity contribution in [3.63, 3.8) is 0 Å². The Balaban J connectivity index is 2.40. The summed E-state index contributed by atoms with van der Waals surface area (Å²) in [7, 11) is 3.13. The number of carbonyl (C=O) groups is 1. The minimum atomic E-state index is -0.144. The zero-order valence-corrected chi connectivity index (χ0v) is 14.6. The lowest BCUT2D eigenvalue weighted by Crippen LogP contribution is -2.27. The number of hydrogen-bond donors (Lipinski definition) is 0. The predicted octanol–water partition coefficient (Wildman–Crippen LogP) is 3.71. The molecule has 1 aliphatic rings. The summed E-state index contributed by atoms with van der Waals surface area (Å²) in [6.07, 6.45) is 0.00960. The highest BCUT2D eigenvalue weighted by Gasteiger charge is 2.42. The summed E-state index contributed by atoms with van der Waals surface area (Å²) < 4.78 is 17.0. The van der Waals surface area contributed by atoms with Gasteiger partial charge in [0.25, 0.3) is 0 Å². The highest BCUT2D eigenvalue weighted by molar-refractivity contribution is 9.10. The van der Waals surface area contributed by atoms with Crippen molar-refractivity contribution in [2.45, 2.75) is 33.0 Å². The van der Waals surface area contributed by atoms with Crippen LogP contribution in [0.1, 0.15) is 31.1 Å². The van der Waals surface area contributed by atoms with E-state index in [0.717, 1.165) is 0 Å². The highest BCUT2D eigenvalue weighted by atomic mass is 79.9. The Morgan fingerprint density at radius 2 is 1.67 bits per heavy atom. The molecule has 1 aromatic rings. The first-order valence-electron chi connectivity index (χ1n) is 7.01. The first-order valence-corrected chi connectivity index (χ1v) is 7.81. The Kier molecular flexibility index (Phi) is 4.94. The monoisotopic (exact) mass is 356 g/mol. The minimum absolute atomic E-state index is 0.0761. The number of carbonyl (C=O) groups excluding carboxylic acids is 1. The molecule has 1 aliphatic heterocycles. The van der Waals surface area contributed by atoms with Gasteiger partial charge >= 0.3 is 0 Å². The Bertz CT molecular complexity index is 543. The second kappa shape index (κ2) is 6.36. The summed E-state index contributed by atoms with van der Waals surface area (Å²) in [6.45, 7) is 6.03. The molecule has 0 aliphatic carbocycles. The van der Waals surface area contributed by atoms with Crippen molar-refractivity contribution >= 4 is 21.7 Å². The number of benzene rings is 1. The molecule has 5 heteroatoms. The van der Waals surface area contributed by atoms with Crippen LogP contribution in [0.15, 0.2) is 16.6 Å². The molecule has 0 saturated carbocycles. The van der Waals surface area contributed by atoms with Gasteiger partial charge in [-0.05, 0) is 47.8 Å². The number of halogens is 1. The maximum Gasteiger partial charge on any atom is 0.170 e. The smallest absolute Gasteiger partial charge is 0.170 e.